The van der Waals surface area contributed by atoms with Crippen LogP contribution in [0.3, 0.4) is 0 Å². The van der Waals surface area contributed by atoms with E-state index in [0.29, 0.717) is 19.3 Å². The summed E-state index contributed by atoms with van der Waals surface area (Å²) in [6, 6.07) is 0. The van der Waals surface area contributed by atoms with Gasteiger partial charge >= 0.3 is 19.8 Å². The number of nitrogens with two attached hydrogens (primary N) is 1. The summed E-state index contributed by atoms with van der Waals surface area (Å²) in [5.41, 5.74) is 5.33. The number of unbranched alkanes of at least 4 members (excludes halogenated alkanes) is 5. The third-order valence-corrected chi connectivity index (χ3v) is 8.64. The number of carbonyl (C=O) groups is 2. The molecular formula is C45H72NO8P. The molecule has 0 heterocycles. The van der Waals surface area contributed by atoms with E-state index in [-0.39, 0.29) is 32.6 Å². The maximum absolute atomic E-state index is 12.5. The largest absolute Gasteiger partial charge is 0.472 e. The van der Waals surface area contributed by atoms with E-state index in [1.807, 2.05) is 6.08 Å². The van der Waals surface area contributed by atoms with Crippen LogP contribution in [0.15, 0.2) is 109 Å². The van der Waals surface area contributed by atoms with Crippen molar-refractivity contribution in [3.05, 3.63) is 109 Å². The smallest absolute Gasteiger partial charge is 0.462 e. The van der Waals surface area contributed by atoms with Crippen LogP contribution in [-0.2, 0) is 32.7 Å². The molecule has 0 aromatic rings. The fourth-order valence-electron chi connectivity index (χ4n) is 4.72. The van der Waals surface area contributed by atoms with Gasteiger partial charge in [0.15, 0.2) is 6.10 Å². The Balaban J connectivity index is 4.36. The molecule has 0 saturated carbocycles. The van der Waals surface area contributed by atoms with E-state index in [1.165, 1.54) is 0 Å². The van der Waals surface area contributed by atoms with E-state index in [2.05, 4.69) is 117 Å². The number of rotatable bonds is 36. The number of carbonyl (C=O) groups excluding carboxylic acids is 2. The molecule has 2 unspecified atom stereocenters. The first kappa shape index (κ1) is 51.7. The number of hydrogen-bond acceptors (Lipinski definition) is 8. The minimum absolute atomic E-state index is 0.0340. The van der Waals surface area contributed by atoms with Gasteiger partial charge in [-0.15, -0.1) is 0 Å². The van der Waals surface area contributed by atoms with Crippen LogP contribution in [0.2, 0.25) is 0 Å². The molecule has 3 N–H and O–H groups in total. The van der Waals surface area contributed by atoms with Gasteiger partial charge in [-0.25, -0.2) is 4.57 Å². The maximum Gasteiger partial charge on any atom is 0.472 e. The summed E-state index contributed by atoms with van der Waals surface area (Å²) in [6.45, 7) is 3.37. The Bertz CT molecular complexity index is 1260. The normalized spacial score (nSPS) is 14.5. The van der Waals surface area contributed by atoms with Crippen LogP contribution in [0.4, 0.5) is 0 Å². The number of esters is 2. The molecule has 0 radical (unpaired) electrons. The molecule has 0 aromatic carbocycles. The molecule has 10 heteroatoms. The van der Waals surface area contributed by atoms with Gasteiger partial charge in [0.25, 0.3) is 0 Å². The first-order valence-corrected chi connectivity index (χ1v) is 21.9. The lowest BCUT2D eigenvalue weighted by Gasteiger charge is -2.19. The molecule has 55 heavy (non-hydrogen) atoms. The van der Waals surface area contributed by atoms with Crippen molar-refractivity contribution < 1.29 is 37.6 Å². The lowest BCUT2D eigenvalue weighted by Crippen LogP contribution is -2.29. The second-order valence-corrected chi connectivity index (χ2v) is 14.2. The van der Waals surface area contributed by atoms with Crippen molar-refractivity contribution in [2.75, 3.05) is 26.4 Å². The van der Waals surface area contributed by atoms with Crippen molar-refractivity contribution in [2.45, 2.75) is 136 Å². The van der Waals surface area contributed by atoms with E-state index in [4.69, 9.17) is 24.3 Å². The van der Waals surface area contributed by atoms with Crippen molar-refractivity contribution in [1.29, 1.82) is 0 Å². The zero-order valence-electron chi connectivity index (χ0n) is 33.9. The van der Waals surface area contributed by atoms with Crippen molar-refractivity contribution >= 4 is 19.8 Å². The summed E-state index contributed by atoms with van der Waals surface area (Å²) in [5.74, 6) is -0.939. The third-order valence-electron chi connectivity index (χ3n) is 7.65. The fraction of sp³-hybridized carbons (Fsp3) is 0.556. The van der Waals surface area contributed by atoms with Gasteiger partial charge in [0, 0.05) is 19.4 Å². The zero-order valence-corrected chi connectivity index (χ0v) is 34.7. The first-order chi connectivity index (χ1) is 26.8. The van der Waals surface area contributed by atoms with E-state index in [1.54, 1.807) is 0 Å². The molecule has 2 atom stereocenters. The minimum Gasteiger partial charge on any atom is -0.462 e. The number of phosphoric ester groups is 1. The van der Waals surface area contributed by atoms with Crippen molar-refractivity contribution in [2.24, 2.45) is 5.73 Å². The summed E-state index contributed by atoms with van der Waals surface area (Å²) in [6.07, 6.45) is 52.7. The van der Waals surface area contributed by atoms with Gasteiger partial charge < -0.3 is 20.1 Å². The number of hydrogen-bond donors (Lipinski definition) is 2. The predicted molar refractivity (Wildman–Crippen MR) is 228 cm³/mol. The molecule has 0 aliphatic carbocycles. The van der Waals surface area contributed by atoms with Gasteiger partial charge in [0.05, 0.1) is 13.2 Å². The Morgan fingerprint density at radius 1 is 0.545 bits per heavy atom. The quantitative estimate of drug-likeness (QED) is 0.0275. The summed E-state index contributed by atoms with van der Waals surface area (Å²) < 4.78 is 32.6. The van der Waals surface area contributed by atoms with Crippen molar-refractivity contribution in [3.8, 4) is 0 Å². The summed E-state index contributed by atoms with van der Waals surface area (Å²) in [4.78, 5) is 34.8. The van der Waals surface area contributed by atoms with E-state index in [9.17, 15) is 19.0 Å². The van der Waals surface area contributed by atoms with E-state index >= 15 is 0 Å². The van der Waals surface area contributed by atoms with Gasteiger partial charge in [-0.3, -0.25) is 18.6 Å². The van der Waals surface area contributed by atoms with Crippen LogP contribution in [0, 0.1) is 0 Å². The molecular weight excluding hydrogens is 713 g/mol. The van der Waals surface area contributed by atoms with Gasteiger partial charge in [-0.1, -0.05) is 136 Å². The Hall–Kier alpha value is -3.33. The lowest BCUT2D eigenvalue weighted by atomic mass is 10.1. The summed E-state index contributed by atoms with van der Waals surface area (Å²) in [7, 11) is -4.40. The molecule has 0 spiro atoms. The zero-order chi connectivity index (χ0) is 40.3. The van der Waals surface area contributed by atoms with Gasteiger partial charge in [0.2, 0.25) is 0 Å². The summed E-state index contributed by atoms with van der Waals surface area (Å²) in [5, 5.41) is 0. The highest BCUT2D eigenvalue weighted by atomic mass is 31.2. The predicted octanol–water partition coefficient (Wildman–Crippen LogP) is 11.6. The number of phosphoric acid groups is 1. The minimum atomic E-state index is -4.40. The Morgan fingerprint density at radius 2 is 0.964 bits per heavy atom. The molecule has 0 aromatic heterocycles. The first-order valence-electron chi connectivity index (χ1n) is 20.4. The van der Waals surface area contributed by atoms with Gasteiger partial charge in [0.1, 0.15) is 6.61 Å². The average Bonchev–Trinajstić information content (AvgIpc) is 3.17. The van der Waals surface area contributed by atoms with Gasteiger partial charge in [-0.2, -0.15) is 0 Å². The fourth-order valence-corrected chi connectivity index (χ4v) is 5.48. The van der Waals surface area contributed by atoms with E-state index in [0.717, 1.165) is 83.5 Å². The van der Waals surface area contributed by atoms with Crippen LogP contribution < -0.4 is 5.73 Å². The summed E-state index contributed by atoms with van der Waals surface area (Å²) >= 11 is 0. The molecule has 0 aliphatic rings. The van der Waals surface area contributed by atoms with E-state index < -0.39 is 32.5 Å². The second kappa shape index (κ2) is 40.3. The average molecular weight is 786 g/mol. The SMILES string of the molecule is CCC=CCC=CCC=CCC=CCC=CCCCC(=O)OC(COC(=O)CCCCCCC=CCC=CCC=CCC=CCC)COP(=O)(O)OCCN. The van der Waals surface area contributed by atoms with Crippen molar-refractivity contribution in [1.82, 2.24) is 0 Å². The highest BCUT2D eigenvalue weighted by molar-refractivity contribution is 7.47. The number of ether oxygens (including phenoxy) is 2. The highest BCUT2D eigenvalue weighted by Crippen LogP contribution is 2.43. The molecule has 310 valence electrons. The molecule has 0 rings (SSSR count). The lowest BCUT2D eigenvalue weighted by molar-refractivity contribution is -0.161. The molecule has 0 aliphatic heterocycles. The Labute approximate surface area is 333 Å². The molecule has 0 saturated heterocycles. The van der Waals surface area contributed by atoms with Crippen LogP contribution in [0.1, 0.15) is 129 Å². The monoisotopic (exact) mass is 785 g/mol. The van der Waals surface area contributed by atoms with Crippen LogP contribution in [-0.4, -0.2) is 49.3 Å². The van der Waals surface area contributed by atoms with Crippen molar-refractivity contribution in [3.63, 3.8) is 0 Å². The topological polar surface area (TPSA) is 134 Å². The van der Waals surface area contributed by atoms with Crippen LogP contribution in [0.5, 0.6) is 0 Å². The third kappa shape index (κ3) is 40.2. The number of allylic oxidation sites excluding steroid dienone is 18. The Kier molecular flexibility index (Phi) is 37.9. The standard InChI is InChI=1S/C45H72NO8P/c1-3-5-7-9-11-13-15-17-19-21-23-25-27-29-31-33-35-37-44(47)51-41-43(42-53-55(49,50)52-40-39-46)54-45(48)38-36-34-32-30-28-26-24-22-20-18-16-14-12-10-8-6-4-2/h5-8,11-14,17-20,23-26,30,32,43H,3-4,9-10,15-16,21-22,27-29,31,33-42,46H2,1-2H3,(H,49,50). The van der Waals surface area contributed by atoms with Crippen LogP contribution in [0.25, 0.3) is 0 Å². The second-order valence-electron chi connectivity index (χ2n) is 12.7. The molecule has 0 bridgehead atoms. The highest BCUT2D eigenvalue weighted by Gasteiger charge is 2.25. The maximum atomic E-state index is 12.5. The van der Waals surface area contributed by atoms with Crippen LogP contribution >= 0.6 is 7.82 Å². The molecule has 0 amide bonds. The van der Waals surface area contributed by atoms with Gasteiger partial charge in [-0.05, 0) is 89.9 Å². The molecule has 9 nitrogen and oxygen atoms in total. The Morgan fingerprint density at radius 3 is 1.44 bits per heavy atom. The molecule has 0 fully saturated rings.